The molecule has 2 N–H and O–H groups in total. The average Bonchev–Trinajstić information content (AvgIpc) is 2.74. The van der Waals surface area contributed by atoms with Gasteiger partial charge in [0.2, 0.25) is 5.91 Å². The van der Waals surface area contributed by atoms with E-state index in [0.29, 0.717) is 24.8 Å². The summed E-state index contributed by atoms with van der Waals surface area (Å²) in [5, 5.41) is 9.59. The van der Waals surface area contributed by atoms with Crippen molar-refractivity contribution in [3.8, 4) is 0 Å². The fourth-order valence-corrected chi connectivity index (χ4v) is 1.25. The Kier molecular flexibility index (Phi) is 5.56. The molecule has 0 radical (unpaired) electrons. The third-order valence-electron chi connectivity index (χ3n) is 2.08. The molecule has 0 aliphatic heterocycles. The van der Waals surface area contributed by atoms with Crippen LogP contribution in [-0.4, -0.2) is 23.7 Å². The first-order valence-electron chi connectivity index (χ1n) is 5.58. The largest absolute Gasteiger partial charge is 0.360 e. The minimum atomic E-state index is 0.0435. The molecule has 0 aromatic carbocycles. The Balaban J connectivity index is 2.03. The van der Waals surface area contributed by atoms with Gasteiger partial charge in [0.05, 0.1) is 12.7 Å². The third kappa shape index (κ3) is 5.50. The predicted octanol–water partition coefficient (Wildman–Crippen LogP) is 1.07. The highest BCUT2D eigenvalue weighted by atomic mass is 16.5. The second-order valence-electron chi connectivity index (χ2n) is 3.97. The van der Waals surface area contributed by atoms with E-state index >= 15 is 0 Å². The van der Waals surface area contributed by atoms with Crippen molar-refractivity contribution in [1.29, 1.82) is 0 Å². The lowest BCUT2D eigenvalue weighted by Crippen LogP contribution is -2.26. The van der Waals surface area contributed by atoms with Crippen molar-refractivity contribution in [2.45, 2.75) is 39.3 Å². The number of rotatable bonds is 7. The maximum Gasteiger partial charge on any atom is 0.220 e. The van der Waals surface area contributed by atoms with E-state index in [0.717, 1.165) is 13.0 Å². The summed E-state index contributed by atoms with van der Waals surface area (Å²) in [5.41, 5.74) is 0. The number of carbonyl (C=O) groups is 1. The van der Waals surface area contributed by atoms with Gasteiger partial charge in [-0.3, -0.25) is 4.79 Å². The van der Waals surface area contributed by atoms with Crippen LogP contribution in [0.5, 0.6) is 0 Å². The molecule has 5 nitrogen and oxygen atoms in total. The zero-order valence-electron chi connectivity index (χ0n) is 9.82. The van der Waals surface area contributed by atoms with E-state index in [9.17, 15) is 4.79 Å². The first-order chi connectivity index (χ1) is 7.68. The van der Waals surface area contributed by atoms with Crippen molar-refractivity contribution < 1.29 is 9.32 Å². The molecule has 0 saturated carbocycles. The Morgan fingerprint density at radius 2 is 2.38 bits per heavy atom. The first kappa shape index (κ1) is 12.7. The number of amides is 1. The molecule has 0 aliphatic carbocycles. The van der Waals surface area contributed by atoms with Gasteiger partial charge in [0, 0.05) is 18.5 Å². The lowest BCUT2D eigenvalue weighted by molar-refractivity contribution is -0.121. The molecule has 0 unspecified atom stereocenters. The van der Waals surface area contributed by atoms with E-state index in [-0.39, 0.29) is 5.91 Å². The molecule has 1 aromatic rings. The second-order valence-corrected chi connectivity index (χ2v) is 3.97. The van der Waals surface area contributed by atoms with Crippen molar-refractivity contribution >= 4 is 5.91 Å². The summed E-state index contributed by atoms with van der Waals surface area (Å²) in [6.45, 7) is 5.46. The van der Waals surface area contributed by atoms with Crippen molar-refractivity contribution in [1.82, 2.24) is 15.8 Å². The highest BCUT2D eigenvalue weighted by Gasteiger charge is 2.03. The number of aromatic nitrogens is 1. The third-order valence-corrected chi connectivity index (χ3v) is 2.08. The normalized spacial score (nSPS) is 10.7. The Morgan fingerprint density at radius 1 is 1.56 bits per heavy atom. The van der Waals surface area contributed by atoms with Crippen molar-refractivity contribution in [3.05, 3.63) is 18.0 Å². The minimum absolute atomic E-state index is 0.0435. The van der Waals surface area contributed by atoms with Crippen molar-refractivity contribution in [3.63, 3.8) is 0 Å². The van der Waals surface area contributed by atoms with Crippen molar-refractivity contribution in [2.24, 2.45) is 0 Å². The molecule has 1 heterocycles. The molecule has 0 bridgehead atoms. The Hall–Kier alpha value is -1.36. The first-order valence-corrected chi connectivity index (χ1v) is 5.58. The van der Waals surface area contributed by atoms with Crippen LogP contribution in [0.4, 0.5) is 0 Å². The molecule has 0 saturated heterocycles. The maximum atomic E-state index is 11.4. The van der Waals surface area contributed by atoms with Crippen LogP contribution in [0.3, 0.4) is 0 Å². The number of hydrogen-bond donors (Lipinski definition) is 2. The van der Waals surface area contributed by atoms with Crippen molar-refractivity contribution in [2.75, 3.05) is 6.54 Å². The Morgan fingerprint density at radius 3 is 3.00 bits per heavy atom. The fraction of sp³-hybridized carbons (Fsp3) is 0.636. The molecule has 0 fully saturated rings. The van der Waals surface area contributed by atoms with E-state index < -0.39 is 0 Å². The van der Waals surface area contributed by atoms with Gasteiger partial charge >= 0.3 is 0 Å². The van der Waals surface area contributed by atoms with Gasteiger partial charge in [-0.25, -0.2) is 0 Å². The Bertz CT molecular complexity index is 296. The monoisotopic (exact) mass is 225 g/mol. The van der Waals surface area contributed by atoms with Gasteiger partial charge in [-0.1, -0.05) is 19.0 Å². The molecule has 1 rings (SSSR count). The molecule has 0 spiro atoms. The molecule has 5 heteroatoms. The number of carbonyl (C=O) groups excluding carboxylic acids is 1. The lowest BCUT2D eigenvalue weighted by atomic mass is 10.2. The molecular formula is C11H19N3O2. The minimum Gasteiger partial charge on any atom is -0.360 e. The van der Waals surface area contributed by atoms with Crippen LogP contribution in [0, 0.1) is 0 Å². The predicted molar refractivity (Wildman–Crippen MR) is 60.7 cm³/mol. The quantitative estimate of drug-likeness (QED) is 0.681. The standard InChI is InChI=1S/C11H19N3O2/c1-9(2)12-6-3-4-11(15)13-8-10-5-7-14-16-10/h5,7,9,12H,3-4,6,8H2,1-2H3,(H,13,15). The highest BCUT2D eigenvalue weighted by Crippen LogP contribution is 1.96. The van der Waals surface area contributed by atoms with Crippen LogP contribution in [0.25, 0.3) is 0 Å². The molecule has 1 aromatic heterocycles. The van der Waals surface area contributed by atoms with E-state index in [2.05, 4.69) is 29.6 Å². The summed E-state index contributed by atoms with van der Waals surface area (Å²) >= 11 is 0. The summed E-state index contributed by atoms with van der Waals surface area (Å²) in [6.07, 6.45) is 2.95. The summed E-state index contributed by atoms with van der Waals surface area (Å²) in [7, 11) is 0. The van der Waals surface area contributed by atoms with Crippen LogP contribution in [0.15, 0.2) is 16.8 Å². The zero-order chi connectivity index (χ0) is 11.8. The van der Waals surface area contributed by atoms with E-state index in [4.69, 9.17) is 4.52 Å². The summed E-state index contributed by atoms with van der Waals surface area (Å²) in [6, 6.07) is 2.21. The maximum absolute atomic E-state index is 11.4. The van der Waals surface area contributed by atoms with Gasteiger partial charge in [-0.15, -0.1) is 0 Å². The summed E-state index contributed by atoms with van der Waals surface area (Å²) < 4.78 is 4.86. The Labute approximate surface area is 95.6 Å². The van der Waals surface area contributed by atoms with Crippen LogP contribution in [-0.2, 0) is 11.3 Å². The summed E-state index contributed by atoms with van der Waals surface area (Å²) in [5.74, 6) is 0.718. The molecule has 16 heavy (non-hydrogen) atoms. The highest BCUT2D eigenvalue weighted by molar-refractivity contribution is 5.75. The number of nitrogens with zero attached hydrogens (tertiary/aromatic N) is 1. The number of hydrogen-bond acceptors (Lipinski definition) is 4. The smallest absolute Gasteiger partial charge is 0.220 e. The summed E-state index contributed by atoms with van der Waals surface area (Å²) in [4.78, 5) is 11.4. The van der Waals surface area contributed by atoms with Crippen LogP contribution < -0.4 is 10.6 Å². The van der Waals surface area contributed by atoms with E-state index in [1.54, 1.807) is 12.3 Å². The SMILES string of the molecule is CC(C)NCCCC(=O)NCc1ccno1. The van der Waals surface area contributed by atoms with Crippen LogP contribution in [0.2, 0.25) is 0 Å². The van der Waals surface area contributed by atoms with Gasteiger partial charge in [0.1, 0.15) is 0 Å². The van der Waals surface area contributed by atoms with Gasteiger partial charge in [0.25, 0.3) is 0 Å². The topological polar surface area (TPSA) is 67.2 Å². The fourth-order valence-electron chi connectivity index (χ4n) is 1.25. The van der Waals surface area contributed by atoms with E-state index in [1.165, 1.54) is 0 Å². The second kappa shape index (κ2) is 7.00. The molecular weight excluding hydrogens is 206 g/mol. The lowest BCUT2D eigenvalue weighted by Gasteiger charge is -2.07. The number of nitrogens with one attached hydrogen (secondary N) is 2. The van der Waals surface area contributed by atoms with Gasteiger partial charge in [-0.05, 0) is 13.0 Å². The molecule has 1 amide bonds. The average molecular weight is 225 g/mol. The van der Waals surface area contributed by atoms with Gasteiger partial charge in [0.15, 0.2) is 5.76 Å². The molecule has 0 aliphatic rings. The van der Waals surface area contributed by atoms with E-state index in [1.807, 2.05) is 0 Å². The van der Waals surface area contributed by atoms with Gasteiger partial charge in [-0.2, -0.15) is 0 Å². The van der Waals surface area contributed by atoms with Crippen LogP contribution >= 0.6 is 0 Å². The van der Waals surface area contributed by atoms with Crippen LogP contribution in [0.1, 0.15) is 32.4 Å². The zero-order valence-corrected chi connectivity index (χ0v) is 9.82. The van der Waals surface area contributed by atoms with Gasteiger partial charge < -0.3 is 15.2 Å². The molecule has 0 atom stereocenters. The molecule has 90 valence electrons.